The van der Waals surface area contributed by atoms with Gasteiger partial charge in [0.1, 0.15) is 0 Å². The van der Waals surface area contributed by atoms with Gasteiger partial charge in [-0.2, -0.15) is 0 Å². The zero-order chi connectivity index (χ0) is 12.9. The van der Waals surface area contributed by atoms with E-state index in [1.165, 1.54) is 0 Å². The monoisotopic (exact) mass is 257 g/mol. The van der Waals surface area contributed by atoms with Gasteiger partial charge in [0, 0.05) is 30.7 Å². The summed E-state index contributed by atoms with van der Waals surface area (Å²) in [4.78, 5) is 8.32. The second-order valence-corrected chi connectivity index (χ2v) is 6.53. The molecule has 0 aliphatic rings. The molecular weight excluding hydrogens is 238 g/mol. The fourth-order valence-electron chi connectivity index (χ4n) is 1.35. The summed E-state index contributed by atoms with van der Waals surface area (Å²) in [5.41, 5.74) is 1.69. The summed E-state index contributed by atoms with van der Waals surface area (Å²) in [6.07, 6.45) is 3.40. The van der Waals surface area contributed by atoms with Gasteiger partial charge < -0.3 is 5.32 Å². The van der Waals surface area contributed by atoms with E-state index < -0.39 is 9.84 Å². The molecule has 1 N–H and O–H groups in total. The Morgan fingerprint density at radius 1 is 1.35 bits per heavy atom. The molecule has 1 aromatic rings. The van der Waals surface area contributed by atoms with Gasteiger partial charge in [-0.15, -0.1) is 0 Å². The number of aromatic nitrogens is 2. The van der Waals surface area contributed by atoms with Gasteiger partial charge >= 0.3 is 0 Å². The minimum absolute atomic E-state index is 0.0805. The predicted octanol–water partition coefficient (Wildman–Crippen LogP) is 0.698. The van der Waals surface area contributed by atoms with E-state index in [-0.39, 0.29) is 17.5 Å². The van der Waals surface area contributed by atoms with Crippen LogP contribution in [-0.4, -0.2) is 35.9 Å². The van der Waals surface area contributed by atoms with Crippen molar-refractivity contribution in [2.75, 3.05) is 11.5 Å². The average Bonchev–Trinajstić information content (AvgIpc) is 2.28. The summed E-state index contributed by atoms with van der Waals surface area (Å²) in [6.45, 7) is 5.93. The molecule has 5 nitrogen and oxygen atoms in total. The van der Waals surface area contributed by atoms with Crippen LogP contribution in [0.4, 0.5) is 0 Å². The highest BCUT2D eigenvalue weighted by Gasteiger charge is 2.13. The van der Waals surface area contributed by atoms with Crippen LogP contribution >= 0.6 is 0 Å². The van der Waals surface area contributed by atoms with Crippen molar-refractivity contribution in [2.24, 2.45) is 0 Å². The fourth-order valence-corrected chi connectivity index (χ4v) is 2.46. The van der Waals surface area contributed by atoms with Crippen LogP contribution in [0.5, 0.6) is 0 Å². The fraction of sp³-hybridized carbons (Fsp3) is 0.636. The lowest BCUT2D eigenvalue weighted by Crippen LogP contribution is -2.33. The van der Waals surface area contributed by atoms with E-state index in [4.69, 9.17) is 0 Å². The molecule has 1 rings (SSSR count). The number of nitrogens with one attached hydrogen (secondary N) is 1. The third-order valence-corrected chi connectivity index (χ3v) is 4.30. The van der Waals surface area contributed by atoms with Crippen molar-refractivity contribution in [1.29, 1.82) is 0 Å². The maximum atomic E-state index is 11.4. The molecule has 1 unspecified atom stereocenters. The van der Waals surface area contributed by atoms with Crippen LogP contribution in [0, 0.1) is 6.92 Å². The number of aryl methyl sites for hydroxylation is 1. The van der Waals surface area contributed by atoms with E-state index in [2.05, 4.69) is 15.3 Å². The van der Waals surface area contributed by atoms with E-state index in [0.29, 0.717) is 6.54 Å². The van der Waals surface area contributed by atoms with Gasteiger partial charge in [-0.05, 0) is 13.8 Å². The standard InChI is InChI=1S/C11H19N3O2S/c1-4-17(15,16)8-10(3)13-7-11-6-12-9(2)5-14-11/h5-6,10,13H,4,7-8H2,1-3H3. The van der Waals surface area contributed by atoms with E-state index >= 15 is 0 Å². The minimum Gasteiger partial charge on any atom is -0.308 e. The quantitative estimate of drug-likeness (QED) is 0.812. The van der Waals surface area contributed by atoms with Crippen molar-refractivity contribution in [3.8, 4) is 0 Å². The first kappa shape index (κ1) is 14.1. The maximum absolute atomic E-state index is 11.4. The Morgan fingerprint density at radius 3 is 2.59 bits per heavy atom. The molecule has 96 valence electrons. The highest BCUT2D eigenvalue weighted by atomic mass is 32.2. The average molecular weight is 257 g/mol. The summed E-state index contributed by atoms with van der Waals surface area (Å²) in [5, 5.41) is 3.13. The lowest BCUT2D eigenvalue weighted by atomic mass is 10.3. The zero-order valence-electron chi connectivity index (χ0n) is 10.5. The summed E-state index contributed by atoms with van der Waals surface area (Å²) >= 11 is 0. The number of sulfone groups is 1. The molecule has 0 bridgehead atoms. The molecule has 0 aliphatic carbocycles. The Hall–Kier alpha value is -1.01. The zero-order valence-corrected chi connectivity index (χ0v) is 11.3. The van der Waals surface area contributed by atoms with Gasteiger partial charge in [0.05, 0.1) is 17.1 Å². The summed E-state index contributed by atoms with van der Waals surface area (Å²) in [5.74, 6) is 0.339. The first-order valence-corrected chi connectivity index (χ1v) is 7.46. The van der Waals surface area contributed by atoms with Gasteiger partial charge in [-0.1, -0.05) is 6.92 Å². The molecule has 17 heavy (non-hydrogen) atoms. The number of nitrogens with zero attached hydrogens (tertiary/aromatic N) is 2. The van der Waals surface area contributed by atoms with Crippen LogP contribution in [0.2, 0.25) is 0 Å². The largest absolute Gasteiger partial charge is 0.308 e. The van der Waals surface area contributed by atoms with Crippen LogP contribution in [-0.2, 0) is 16.4 Å². The van der Waals surface area contributed by atoms with Crippen LogP contribution in [0.15, 0.2) is 12.4 Å². The third-order valence-electron chi connectivity index (χ3n) is 2.41. The van der Waals surface area contributed by atoms with Crippen LogP contribution in [0.3, 0.4) is 0 Å². The topological polar surface area (TPSA) is 72.0 Å². The summed E-state index contributed by atoms with van der Waals surface area (Å²) < 4.78 is 22.8. The van der Waals surface area contributed by atoms with E-state index in [1.807, 2.05) is 13.8 Å². The molecule has 6 heteroatoms. The first-order valence-electron chi connectivity index (χ1n) is 5.64. The number of hydrogen-bond donors (Lipinski definition) is 1. The Balaban J connectivity index is 2.43. The lowest BCUT2D eigenvalue weighted by Gasteiger charge is -2.12. The Labute approximate surface area is 103 Å². The van der Waals surface area contributed by atoms with Crippen molar-refractivity contribution in [2.45, 2.75) is 33.4 Å². The molecule has 0 spiro atoms. The van der Waals surface area contributed by atoms with Crippen LogP contribution in [0.1, 0.15) is 25.2 Å². The summed E-state index contributed by atoms with van der Waals surface area (Å²) in [7, 11) is -2.93. The van der Waals surface area contributed by atoms with Crippen LogP contribution < -0.4 is 5.32 Å². The predicted molar refractivity (Wildman–Crippen MR) is 67.4 cm³/mol. The Kier molecular flexibility index (Phi) is 5.02. The van der Waals surface area contributed by atoms with Gasteiger partial charge in [0.25, 0.3) is 0 Å². The number of rotatable bonds is 6. The molecule has 0 aromatic carbocycles. The van der Waals surface area contributed by atoms with Gasteiger partial charge in [0.15, 0.2) is 9.84 Å². The van der Waals surface area contributed by atoms with Crippen molar-refractivity contribution in [3.05, 3.63) is 23.8 Å². The molecule has 0 saturated carbocycles. The number of hydrogen-bond acceptors (Lipinski definition) is 5. The molecule has 1 atom stereocenters. The van der Waals surface area contributed by atoms with Crippen LogP contribution in [0.25, 0.3) is 0 Å². The van der Waals surface area contributed by atoms with Crippen molar-refractivity contribution < 1.29 is 8.42 Å². The van der Waals surface area contributed by atoms with Crippen molar-refractivity contribution >= 4 is 9.84 Å². The van der Waals surface area contributed by atoms with Gasteiger partial charge in [0.2, 0.25) is 0 Å². The molecular formula is C11H19N3O2S. The Morgan fingerprint density at radius 2 is 2.06 bits per heavy atom. The molecule has 0 amide bonds. The van der Waals surface area contributed by atoms with Gasteiger partial charge in [-0.3, -0.25) is 9.97 Å². The van der Waals surface area contributed by atoms with E-state index in [9.17, 15) is 8.42 Å². The smallest absolute Gasteiger partial charge is 0.151 e. The second kappa shape index (κ2) is 6.07. The molecule has 0 saturated heterocycles. The lowest BCUT2D eigenvalue weighted by molar-refractivity contribution is 0.553. The first-order chi connectivity index (χ1) is 7.93. The molecule has 0 fully saturated rings. The molecule has 1 aromatic heterocycles. The normalized spacial score (nSPS) is 13.6. The molecule has 0 aliphatic heterocycles. The second-order valence-electron chi connectivity index (χ2n) is 4.13. The minimum atomic E-state index is -2.93. The maximum Gasteiger partial charge on any atom is 0.151 e. The highest BCUT2D eigenvalue weighted by Crippen LogP contribution is 1.97. The van der Waals surface area contributed by atoms with E-state index in [1.54, 1.807) is 19.3 Å². The highest BCUT2D eigenvalue weighted by molar-refractivity contribution is 7.91. The van der Waals surface area contributed by atoms with Crippen molar-refractivity contribution in [1.82, 2.24) is 15.3 Å². The van der Waals surface area contributed by atoms with Crippen molar-refractivity contribution in [3.63, 3.8) is 0 Å². The third kappa shape index (κ3) is 5.23. The Bertz CT molecular complexity index is 442. The van der Waals surface area contributed by atoms with Gasteiger partial charge in [-0.25, -0.2) is 8.42 Å². The summed E-state index contributed by atoms with van der Waals surface area (Å²) in [6, 6.07) is -0.0805. The molecule has 0 radical (unpaired) electrons. The molecule has 1 heterocycles. The SMILES string of the molecule is CCS(=O)(=O)CC(C)NCc1cnc(C)cn1. The van der Waals surface area contributed by atoms with E-state index in [0.717, 1.165) is 11.4 Å².